The van der Waals surface area contributed by atoms with Gasteiger partial charge in [0.25, 0.3) is 0 Å². The van der Waals surface area contributed by atoms with Crippen LogP contribution in [0.25, 0.3) is 0 Å². The van der Waals surface area contributed by atoms with Gasteiger partial charge < -0.3 is 4.90 Å². The Labute approximate surface area is 80.8 Å². The molecule has 1 unspecified atom stereocenters. The Bertz CT molecular complexity index is 311. The van der Waals surface area contributed by atoms with Crippen molar-refractivity contribution in [2.24, 2.45) is 0 Å². The number of likely N-dealkylation sites (N-methyl/N-ethyl adjacent to an activating group) is 2. The first-order valence-electron chi connectivity index (χ1n) is 4.05. The van der Waals surface area contributed by atoms with Gasteiger partial charge in [0, 0.05) is 18.6 Å². The minimum atomic E-state index is 0.0347. The Hall–Kier alpha value is -0.940. The quantitative estimate of drug-likeness (QED) is 0.659. The van der Waals surface area contributed by atoms with E-state index in [1.807, 2.05) is 24.4 Å². The second-order valence-electron chi connectivity index (χ2n) is 3.16. The van der Waals surface area contributed by atoms with Crippen LogP contribution in [0.3, 0.4) is 0 Å². The number of carbonyl (C=O) groups excluding carboxylic acids is 1. The lowest BCUT2D eigenvalue weighted by Crippen LogP contribution is -2.26. The zero-order valence-corrected chi connectivity index (χ0v) is 8.41. The highest BCUT2D eigenvalue weighted by atomic mass is 32.1. The molecule has 1 aliphatic rings. The van der Waals surface area contributed by atoms with Gasteiger partial charge in [0.1, 0.15) is 11.2 Å². The molecule has 1 atom stereocenters. The molecule has 2 heterocycles. The molecule has 1 saturated heterocycles. The second kappa shape index (κ2) is 3.08. The highest BCUT2D eigenvalue weighted by Gasteiger charge is 2.35. The third kappa shape index (κ3) is 1.34. The van der Waals surface area contributed by atoms with E-state index in [1.165, 1.54) is 0 Å². The van der Waals surface area contributed by atoms with E-state index in [1.54, 1.807) is 22.4 Å². The topological polar surface area (TPSA) is 36.4 Å². The van der Waals surface area contributed by atoms with E-state index in [-0.39, 0.29) is 12.1 Å². The Morgan fingerprint density at radius 3 is 2.85 bits per heavy atom. The average molecular weight is 197 g/mol. The zero-order chi connectivity index (χ0) is 9.42. The fourth-order valence-electron chi connectivity index (χ4n) is 1.56. The van der Waals surface area contributed by atoms with Crippen LogP contribution in [0, 0.1) is 0 Å². The van der Waals surface area contributed by atoms with Gasteiger partial charge in [0.05, 0.1) is 6.54 Å². The van der Waals surface area contributed by atoms with Gasteiger partial charge in [-0.1, -0.05) is 0 Å². The first-order chi connectivity index (χ1) is 6.20. The average Bonchev–Trinajstić information content (AvgIpc) is 2.63. The van der Waals surface area contributed by atoms with Crippen molar-refractivity contribution in [2.45, 2.75) is 6.17 Å². The van der Waals surface area contributed by atoms with Crippen molar-refractivity contribution in [2.75, 3.05) is 20.6 Å². The van der Waals surface area contributed by atoms with E-state index in [9.17, 15) is 4.79 Å². The van der Waals surface area contributed by atoms with Crippen LogP contribution in [-0.4, -0.2) is 41.3 Å². The van der Waals surface area contributed by atoms with Crippen molar-refractivity contribution in [1.29, 1.82) is 0 Å². The summed E-state index contributed by atoms with van der Waals surface area (Å²) >= 11 is 1.58. The van der Waals surface area contributed by atoms with E-state index in [2.05, 4.69) is 4.98 Å². The van der Waals surface area contributed by atoms with Gasteiger partial charge in [0.2, 0.25) is 5.91 Å². The predicted molar refractivity (Wildman–Crippen MR) is 50.3 cm³/mol. The number of rotatable bonds is 1. The third-order valence-corrected chi connectivity index (χ3v) is 3.05. The minimum Gasteiger partial charge on any atom is -0.322 e. The molecule has 70 valence electrons. The molecule has 1 aromatic rings. The lowest BCUT2D eigenvalue weighted by atomic mass is 10.5. The normalized spacial score (nSPS) is 24.3. The van der Waals surface area contributed by atoms with Crippen LogP contribution in [0.5, 0.6) is 0 Å². The summed E-state index contributed by atoms with van der Waals surface area (Å²) in [4.78, 5) is 19.3. The molecule has 0 spiro atoms. The molecule has 5 heteroatoms. The Balaban J connectivity index is 2.29. The Morgan fingerprint density at radius 1 is 1.62 bits per heavy atom. The van der Waals surface area contributed by atoms with Crippen molar-refractivity contribution in [1.82, 2.24) is 14.8 Å². The van der Waals surface area contributed by atoms with E-state index in [0.717, 1.165) is 5.01 Å². The molecule has 0 saturated carbocycles. The summed E-state index contributed by atoms with van der Waals surface area (Å²) in [7, 11) is 3.76. The van der Waals surface area contributed by atoms with Crippen LogP contribution in [0.1, 0.15) is 11.2 Å². The Morgan fingerprint density at radius 2 is 2.38 bits per heavy atom. The van der Waals surface area contributed by atoms with Crippen molar-refractivity contribution < 1.29 is 4.79 Å². The maximum Gasteiger partial charge on any atom is 0.238 e. The van der Waals surface area contributed by atoms with Gasteiger partial charge in [-0.25, -0.2) is 4.98 Å². The fourth-order valence-corrected chi connectivity index (χ4v) is 2.40. The summed E-state index contributed by atoms with van der Waals surface area (Å²) < 4.78 is 0. The van der Waals surface area contributed by atoms with Crippen molar-refractivity contribution >= 4 is 17.2 Å². The molecule has 0 aromatic carbocycles. The molecule has 0 N–H and O–H groups in total. The summed E-state index contributed by atoms with van der Waals surface area (Å²) in [6.45, 7) is 0.487. The number of aromatic nitrogens is 1. The molecule has 4 nitrogen and oxygen atoms in total. The zero-order valence-electron chi connectivity index (χ0n) is 7.60. The predicted octanol–water partition coefficient (Wildman–Crippen LogP) is 0.545. The SMILES string of the molecule is CN1CC(=O)N(C)C1c1nccs1. The van der Waals surface area contributed by atoms with Crippen LogP contribution >= 0.6 is 11.3 Å². The number of hydrogen-bond donors (Lipinski definition) is 0. The summed E-state index contributed by atoms with van der Waals surface area (Å²) in [5.74, 6) is 0.155. The number of nitrogens with zero attached hydrogens (tertiary/aromatic N) is 3. The maximum atomic E-state index is 11.4. The smallest absolute Gasteiger partial charge is 0.238 e. The summed E-state index contributed by atoms with van der Waals surface area (Å²) in [6, 6.07) is 0. The van der Waals surface area contributed by atoms with Gasteiger partial charge >= 0.3 is 0 Å². The number of thiazole rings is 1. The lowest BCUT2D eigenvalue weighted by Gasteiger charge is -2.21. The van der Waals surface area contributed by atoms with Gasteiger partial charge in [-0.2, -0.15) is 0 Å². The molecular weight excluding hydrogens is 186 g/mol. The Kier molecular flexibility index (Phi) is 2.05. The standard InChI is InChI=1S/C8H11N3OS/c1-10-5-6(12)11(2)8(10)7-9-3-4-13-7/h3-4,8H,5H2,1-2H3. The van der Waals surface area contributed by atoms with Crippen LogP contribution < -0.4 is 0 Å². The molecule has 2 rings (SSSR count). The summed E-state index contributed by atoms with van der Waals surface area (Å²) in [6.07, 6.45) is 1.80. The molecule has 1 aliphatic heterocycles. The van der Waals surface area contributed by atoms with E-state index in [0.29, 0.717) is 6.54 Å². The number of carbonyl (C=O) groups is 1. The first kappa shape index (κ1) is 8.65. The molecular formula is C8H11N3OS. The maximum absolute atomic E-state index is 11.4. The van der Waals surface area contributed by atoms with E-state index >= 15 is 0 Å². The molecule has 1 fully saturated rings. The monoisotopic (exact) mass is 197 g/mol. The fraction of sp³-hybridized carbons (Fsp3) is 0.500. The van der Waals surface area contributed by atoms with Crippen molar-refractivity contribution in [3.63, 3.8) is 0 Å². The van der Waals surface area contributed by atoms with Gasteiger partial charge in [-0.15, -0.1) is 11.3 Å². The largest absolute Gasteiger partial charge is 0.322 e. The van der Waals surface area contributed by atoms with E-state index < -0.39 is 0 Å². The highest BCUT2D eigenvalue weighted by Crippen LogP contribution is 2.28. The summed E-state index contributed by atoms with van der Waals surface area (Å²) in [5, 5.41) is 2.91. The molecule has 1 amide bonds. The van der Waals surface area contributed by atoms with Crippen LogP contribution in [-0.2, 0) is 4.79 Å². The summed E-state index contributed by atoms with van der Waals surface area (Å²) in [5.41, 5.74) is 0. The van der Waals surface area contributed by atoms with Crippen LogP contribution in [0.4, 0.5) is 0 Å². The minimum absolute atomic E-state index is 0.0347. The van der Waals surface area contributed by atoms with Crippen molar-refractivity contribution in [3.8, 4) is 0 Å². The molecule has 13 heavy (non-hydrogen) atoms. The molecule has 0 aliphatic carbocycles. The van der Waals surface area contributed by atoms with Crippen molar-refractivity contribution in [3.05, 3.63) is 16.6 Å². The van der Waals surface area contributed by atoms with Crippen LogP contribution in [0.2, 0.25) is 0 Å². The van der Waals surface area contributed by atoms with Gasteiger partial charge in [-0.3, -0.25) is 9.69 Å². The first-order valence-corrected chi connectivity index (χ1v) is 4.93. The molecule has 0 radical (unpaired) electrons. The lowest BCUT2D eigenvalue weighted by molar-refractivity contribution is -0.126. The third-order valence-electron chi connectivity index (χ3n) is 2.23. The van der Waals surface area contributed by atoms with Gasteiger partial charge in [0.15, 0.2) is 0 Å². The number of hydrogen-bond acceptors (Lipinski definition) is 4. The van der Waals surface area contributed by atoms with Crippen LogP contribution in [0.15, 0.2) is 11.6 Å². The molecule has 1 aromatic heterocycles. The second-order valence-corrected chi connectivity index (χ2v) is 4.09. The van der Waals surface area contributed by atoms with E-state index in [4.69, 9.17) is 0 Å². The number of amides is 1. The molecule has 0 bridgehead atoms. The van der Waals surface area contributed by atoms with Gasteiger partial charge in [-0.05, 0) is 7.05 Å². The highest BCUT2D eigenvalue weighted by molar-refractivity contribution is 7.09.